The smallest absolute Gasteiger partial charge is 0.310 e. The minimum absolute atomic E-state index is 0.116. The molecule has 0 radical (unpaired) electrons. The van der Waals surface area contributed by atoms with Gasteiger partial charge in [0.1, 0.15) is 0 Å². The molecule has 0 spiro atoms. The van der Waals surface area contributed by atoms with E-state index in [1.807, 2.05) is 0 Å². The van der Waals surface area contributed by atoms with E-state index in [2.05, 4.69) is 5.32 Å². The number of nitrogens with one attached hydrogen (secondary N) is 1. The van der Waals surface area contributed by atoms with Crippen molar-refractivity contribution < 1.29 is 19.5 Å². The Bertz CT molecular complexity index is 882. The van der Waals surface area contributed by atoms with Crippen molar-refractivity contribution in [2.24, 2.45) is 5.92 Å². The fourth-order valence-corrected chi connectivity index (χ4v) is 3.27. The maximum Gasteiger partial charge on any atom is 0.310 e. The van der Waals surface area contributed by atoms with E-state index in [-0.39, 0.29) is 24.8 Å². The van der Waals surface area contributed by atoms with E-state index < -0.39 is 17.8 Å². The van der Waals surface area contributed by atoms with Crippen molar-refractivity contribution in [1.82, 2.24) is 0 Å². The maximum atomic E-state index is 12.5. The fourth-order valence-electron chi connectivity index (χ4n) is 3.03. The number of rotatable bonds is 5. The summed E-state index contributed by atoms with van der Waals surface area (Å²) in [5.74, 6) is -2.40. The number of anilines is 2. The number of para-hydroxylation sites is 1. The van der Waals surface area contributed by atoms with E-state index in [0.717, 1.165) is 0 Å². The maximum absolute atomic E-state index is 12.5. The van der Waals surface area contributed by atoms with Crippen molar-refractivity contribution in [2.45, 2.75) is 19.3 Å². The van der Waals surface area contributed by atoms with Crippen molar-refractivity contribution >= 4 is 40.8 Å². The Hall–Kier alpha value is -2.86. The molecule has 3 rings (SSSR count). The molecular weight excluding hydrogens is 368 g/mol. The van der Waals surface area contributed by atoms with Crippen LogP contribution in [0.3, 0.4) is 0 Å². The summed E-state index contributed by atoms with van der Waals surface area (Å²) in [6.07, 6.45) is 0.116. The molecule has 2 unspecified atom stereocenters. The van der Waals surface area contributed by atoms with E-state index >= 15 is 0 Å². The standard InChI is InChI=1S/C20H19ClN2O4/c1-12(20(26)27)13-6-8-15(9-7-13)22-19(25)14-10-18(24)23(11-14)17-5-3-2-4-16(17)21/h2-9,12,14H,10-11H2,1H3,(H,22,25)(H,26,27). The van der Waals surface area contributed by atoms with Crippen LogP contribution < -0.4 is 10.2 Å². The quantitative estimate of drug-likeness (QED) is 0.823. The topological polar surface area (TPSA) is 86.7 Å². The summed E-state index contributed by atoms with van der Waals surface area (Å²) in [5.41, 5.74) is 1.82. The number of carbonyl (C=O) groups is 3. The summed E-state index contributed by atoms with van der Waals surface area (Å²) in [7, 11) is 0. The van der Waals surface area contributed by atoms with Gasteiger partial charge in [-0.15, -0.1) is 0 Å². The van der Waals surface area contributed by atoms with Gasteiger partial charge >= 0.3 is 5.97 Å². The summed E-state index contributed by atoms with van der Waals surface area (Å²) >= 11 is 6.15. The zero-order valence-electron chi connectivity index (χ0n) is 14.7. The van der Waals surface area contributed by atoms with Crippen LogP contribution in [0.4, 0.5) is 11.4 Å². The van der Waals surface area contributed by atoms with Gasteiger partial charge in [-0.25, -0.2) is 0 Å². The molecule has 2 amide bonds. The van der Waals surface area contributed by atoms with Gasteiger partial charge in [0.2, 0.25) is 11.8 Å². The lowest BCUT2D eigenvalue weighted by Gasteiger charge is -2.18. The Morgan fingerprint density at radius 2 is 1.85 bits per heavy atom. The van der Waals surface area contributed by atoms with Crippen molar-refractivity contribution in [3.8, 4) is 0 Å². The highest BCUT2D eigenvalue weighted by atomic mass is 35.5. The first-order chi connectivity index (χ1) is 12.9. The molecule has 2 aromatic rings. The predicted molar refractivity (Wildman–Crippen MR) is 103 cm³/mol. The van der Waals surface area contributed by atoms with Crippen LogP contribution in [0.15, 0.2) is 48.5 Å². The number of carbonyl (C=O) groups excluding carboxylic acids is 2. The van der Waals surface area contributed by atoms with Gasteiger partial charge in [0.15, 0.2) is 0 Å². The number of aliphatic carboxylic acids is 1. The van der Waals surface area contributed by atoms with Gasteiger partial charge < -0.3 is 15.3 Å². The molecule has 0 bridgehead atoms. The lowest BCUT2D eigenvalue weighted by Crippen LogP contribution is -2.28. The highest BCUT2D eigenvalue weighted by Crippen LogP contribution is 2.31. The second kappa shape index (κ2) is 7.80. The highest BCUT2D eigenvalue weighted by molar-refractivity contribution is 6.33. The van der Waals surface area contributed by atoms with Crippen LogP contribution in [0.5, 0.6) is 0 Å². The number of carboxylic acid groups (broad SMARTS) is 1. The second-order valence-corrected chi connectivity index (χ2v) is 6.94. The third kappa shape index (κ3) is 4.11. The van der Waals surface area contributed by atoms with Crippen LogP contribution in [-0.2, 0) is 14.4 Å². The van der Waals surface area contributed by atoms with Crippen LogP contribution >= 0.6 is 11.6 Å². The first kappa shape index (κ1) is 18.9. The first-order valence-corrected chi connectivity index (χ1v) is 8.93. The molecule has 0 aliphatic carbocycles. The minimum Gasteiger partial charge on any atom is -0.481 e. The van der Waals surface area contributed by atoms with Crippen LogP contribution in [0.1, 0.15) is 24.8 Å². The molecule has 0 aromatic heterocycles. The first-order valence-electron chi connectivity index (χ1n) is 8.55. The summed E-state index contributed by atoms with van der Waals surface area (Å²) in [6.45, 7) is 1.87. The minimum atomic E-state index is -0.907. The lowest BCUT2D eigenvalue weighted by molar-refractivity contribution is -0.138. The lowest BCUT2D eigenvalue weighted by atomic mass is 10.0. The zero-order valence-corrected chi connectivity index (χ0v) is 15.4. The molecule has 1 aliphatic heterocycles. The number of amides is 2. The molecule has 2 N–H and O–H groups in total. The number of halogens is 1. The predicted octanol–water partition coefficient (Wildman–Crippen LogP) is 3.52. The summed E-state index contributed by atoms with van der Waals surface area (Å²) in [6, 6.07) is 13.7. The van der Waals surface area contributed by atoms with Gasteiger partial charge in [-0.1, -0.05) is 35.9 Å². The molecule has 140 valence electrons. The average molecular weight is 387 g/mol. The van der Waals surface area contributed by atoms with Gasteiger partial charge in [0, 0.05) is 18.7 Å². The number of nitrogens with zero attached hydrogens (tertiary/aromatic N) is 1. The third-order valence-corrected chi connectivity index (χ3v) is 5.01. The molecule has 0 saturated carbocycles. The van der Waals surface area contributed by atoms with Crippen LogP contribution in [0, 0.1) is 5.92 Å². The van der Waals surface area contributed by atoms with Crippen molar-refractivity contribution in [3.63, 3.8) is 0 Å². The normalized spacial score (nSPS) is 17.6. The van der Waals surface area contributed by atoms with Crippen molar-refractivity contribution in [2.75, 3.05) is 16.8 Å². The van der Waals surface area contributed by atoms with E-state index in [9.17, 15) is 14.4 Å². The number of hydrogen-bond acceptors (Lipinski definition) is 3. The van der Waals surface area contributed by atoms with Gasteiger partial charge in [-0.2, -0.15) is 0 Å². The third-order valence-electron chi connectivity index (χ3n) is 4.69. The molecule has 27 heavy (non-hydrogen) atoms. The van der Waals surface area contributed by atoms with Crippen molar-refractivity contribution in [1.29, 1.82) is 0 Å². The molecule has 7 heteroatoms. The Morgan fingerprint density at radius 1 is 1.19 bits per heavy atom. The largest absolute Gasteiger partial charge is 0.481 e. The number of carboxylic acids is 1. The van der Waals surface area contributed by atoms with E-state index in [1.54, 1.807) is 55.5 Å². The fraction of sp³-hybridized carbons (Fsp3) is 0.250. The summed E-state index contributed by atoms with van der Waals surface area (Å²) < 4.78 is 0. The number of hydrogen-bond donors (Lipinski definition) is 2. The van der Waals surface area contributed by atoms with Crippen LogP contribution in [0.2, 0.25) is 5.02 Å². The monoisotopic (exact) mass is 386 g/mol. The SMILES string of the molecule is CC(C(=O)O)c1ccc(NC(=O)C2CC(=O)N(c3ccccc3Cl)C2)cc1. The summed E-state index contributed by atoms with van der Waals surface area (Å²) in [4.78, 5) is 37.4. The van der Waals surface area contributed by atoms with Gasteiger partial charge in [-0.3, -0.25) is 14.4 Å². The molecule has 6 nitrogen and oxygen atoms in total. The molecule has 1 saturated heterocycles. The van der Waals surface area contributed by atoms with E-state index in [4.69, 9.17) is 16.7 Å². The Balaban J connectivity index is 1.66. The average Bonchev–Trinajstić information content (AvgIpc) is 3.04. The van der Waals surface area contributed by atoms with Crippen molar-refractivity contribution in [3.05, 3.63) is 59.1 Å². The Morgan fingerprint density at radius 3 is 2.48 bits per heavy atom. The second-order valence-electron chi connectivity index (χ2n) is 6.53. The summed E-state index contributed by atoms with van der Waals surface area (Å²) in [5, 5.41) is 12.3. The molecule has 1 heterocycles. The van der Waals surface area contributed by atoms with Crippen LogP contribution in [-0.4, -0.2) is 29.4 Å². The van der Waals surface area contributed by atoms with Gasteiger partial charge in [0.25, 0.3) is 0 Å². The highest BCUT2D eigenvalue weighted by Gasteiger charge is 2.35. The molecular formula is C20H19ClN2O4. The molecule has 2 atom stereocenters. The van der Waals surface area contributed by atoms with E-state index in [0.29, 0.717) is 22.0 Å². The zero-order chi connectivity index (χ0) is 19.6. The van der Waals surface area contributed by atoms with E-state index in [1.165, 1.54) is 4.90 Å². The number of benzene rings is 2. The van der Waals surface area contributed by atoms with Crippen LogP contribution in [0.25, 0.3) is 0 Å². The Labute approximate surface area is 161 Å². The molecule has 1 fully saturated rings. The molecule has 2 aromatic carbocycles. The Kier molecular flexibility index (Phi) is 5.46. The molecule has 1 aliphatic rings. The van der Waals surface area contributed by atoms with Gasteiger partial charge in [0.05, 0.1) is 22.5 Å². The van der Waals surface area contributed by atoms with Gasteiger partial charge in [-0.05, 0) is 36.8 Å².